The van der Waals surface area contributed by atoms with Crippen LogP contribution in [0.4, 0.5) is 0 Å². The van der Waals surface area contributed by atoms with Crippen molar-refractivity contribution in [3.8, 4) is 0 Å². The van der Waals surface area contributed by atoms with E-state index in [9.17, 15) is 4.79 Å². The van der Waals surface area contributed by atoms with Crippen molar-refractivity contribution >= 4 is 5.97 Å². The first-order chi connectivity index (χ1) is 7.52. The van der Waals surface area contributed by atoms with E-state index < -0.39 is 5.97 Å². The molecule has 0 heterocycles. The summed E-state index contributed by atoms with van der Waals surface area (Å²) < 4.78 is 0. The molecule has 0 atom stereocenters. The Bertz CT molecular complexity index is 278. The fourth-order valence-electron chi connectivity index (χ4n) is 2.02. The lowest BCUT2D eigenvalue weighted by atomic mass is 9.92. The Hall–Kier alpha value is -0.830. The summed E-state index contributed by atoms with van der Waals surface area (Å²) in [5.74, 6) is -0.0802. The zero-order chi connectivity index (χ0) is 12.2. The Balaban J connectivity index is 2.28. The maximum Gasteiger partial charge on any atom is 0.331 e. The van der Waals surface area contributed by atoms with Crippen LogP contribution in [-0.4, -0.2) is 24.2 Å². The van der Waals surface area contributed by atoms with Crippen LogP contribution in [0.1, 0.15) is 40.0 Å². The predicted molar refractivity (Wildman–Crippen MR) is 65.4 cm³/mol. The third kappa shape index (κ3) is 3.34. The molecule has 0 radical (unpaired) electrons. The molecule has 3 heteroatoms. The topological polar surface area (TPSA) is 49.3 Å². The summed E-state index contributed by atoms with van der Waals surface area (Å²) in [5, 5.41) is 12.2. The van der Waals surface area contributed by atoms with E-state index in [1.54, 1.807) is 6.08 Å². The van der Waals surface area contributed by atoms with Crippen molar-refractivity contribution < 1.29 is 9.90 Å². The molecule has 0 aromatic carbocycles. The van der Waals surface area contributed by atoms with Crippen molar-refractivity contribution in [2.75, 3.05) is 13.1 Å². The maximum atomic E-state index is 10.7. The van der Waals surface area contributed by atoms with Gasteiger partial charge in [-0.15, -0.1) is 0 Å². The molecule has 0 spiro atoms. The van der Waals surface area contributed by atoms with Crippen LogP contribution in [0.2, 0.25) is 0 Å². The molecular formula is C13H23NO2. The molecule has 92 valence electrons. The SMILES string of the molecule is CCC(=CCNCC1(C(C)C)CC1)C(=O)O. The number of nitrogens with one attached hydrogen (secondary N) is 1. The largest absolute Gasteiger partial charge is 0.478 e. The van der Waals surface area contributed by atoms with E-state index in [2.05, 4.69) is 19.2 Å². The first-order valence-corrected chi connectivity index (χ1v) is 6.15. The van der Waals surface area contributed by atoms with Gasteiger partial charge in [0.05, 0.1) is 0 Å². The average molecular weight is 225 g/mol. The maximum absolute atomic E-state index is 10.7. The molecular weight excluding hydrogens is 202 g/mol. The summed E-state index contributed by atoms with van der Waals surface area (Å²) in [4.78, 5) is 10.7. The molecule has 0 unspecified atom stereocenters. The van der Waals surface area contributed by atoms with Crippen LogP contribution < -0.4 is 5.32 Å². The lowest BCUT2D eigenvalue weighted by Gasteiger charge is -2.19. The Morgan fingerprint density at radius 3 is 2.50 bits per heavy atom. The highest BCUT2D eigenvalue weighted by Crippen LogP contribution is 2.51. The Labute approximate surface area is 97.9 Å². The molecule has 1 fully saturated rings. The van der Waals surface area contributed by atoms with Gasteiger partial charge in [-0.25, -0.2) is 4.79 Å². The van der Waals surface area contributed by atoms with Crippen LogP contribution >= 0.6 is 0 Å². The third-order valence-corrected chi connectivity index (χ3v) is 3.74. The van der Waals surface area contributed by atoms with Gasteiger partial charge in [-0.3, -0.25) is 0 Å². The first-order valence-electron chi connectivity index (χ1n) is 6.15. The molecule has 1 saturated carbocycles. The number of hydrogen-bond acceptors (Lipinski definition) is 2. The highest BCUT2D eigenvalue weighted by molar-refractivity contribution is 5.86. The van der Waals surface area contributed by atoms with Gasteiger partial charge >= 0.3 is 5.97 Å². The molecule has 0 aromatic heterocycles. The number of rotatable bonds is 7. The zero-order valence-electron chi connectivity index (χ0n) is 10.5. The second-order valence-corrected chi connectivity index (χ2v) is 5.04. The quantitative estimate of drug-likeness (QED) is 0.517. The van der Waals surface area contributed by atoms with E-state index in [4.69, 9.17) is 5.11 Å². The molecule has 1 aliphatic carbocycles. The third-order valence-electron chi connectivity index (χ3n) is 3.74. The van der Waals surface area contributed by atoms with E-state index >= 15 is 0 Å². The number of aliphatic carboxylic acids is 1. The van der Waals surface area contributed by atoms with E-state index in [1.807, 2.05) is 6.92 Å². The normalized spacial score (nSPS) is 18.9. The number of hydrogen-bond donors (Lipinski definition) is 2. The molecule has 1 aliphatic rings. The van der Waals surface area contributed by atoms with Gasteiger partial charge in [-0.05, 0) is 30.6 Å². The van der Waals surface area contributed by atoms with Gasteiger partial charge in [0.1, 0.15) is 0 Å². The minimum absolute atomic E-state index is 0.490. The van der Waals surface area contributed by atoms with E-state index in [1.165, 1.54) is 12.8 Å². The smallest absolute Gasteiger partial charge is 0.331 e. The number of carboxylic acid groups (broad SMARTS) is 1. The lowest BCUT2D eigenvalue weighted by molar-refractivity contribution is -0.132. The summed E-state index contributed by atoms with van der Waals surface area (Å²) in [5.41, 5.74) is 0.991. The van der Waals surface area contributed by atoms with Crippen LogP contribution in [0, 0.1) is 11.3 Å². The van der Waals surface area contributed by atoms with Gasteiger partial charge in [0, 0.05) is 18.7 Å². The van der Waals surface area contributed by atoms with Crippen LogP contribution in [-0.2, 0) is 4.79 Å². The van der Waals surface area contributed by atoms with Crippen LogP contribution in [0.25, 0.3) is 0 Å². The van der Waals surface area contributed by atoms with Crippen molar-refractivity contribution in [2.24, 2.45) is 11.3 Å². The molecule has 1 rings (SSSR count). The first kappa shape index (κ1) is 13.2. The van der Waals surface area contributed by atoms with Crippen molar-refractivity contribution in [1.82, 2.24) is 5.32 Å². The standard InChI is InChI=1S/C13H23NO2/c1-4-11(12(15)16)5-8-14-9-13(6-7-13)10(2)3/h5,10,14H,4,6-9H2,1-3H3,(H,15,16). The van der Waals surface area contributed by atoms with Crippen molar-refractivity contribution in [1.29, 1.82) is 0 Å². The molecule has 16 heavy (non-hydrogen) atoms. The van der Waals surface area contributed by atoms with Gasteiger partial charge in [-0.2, -0.15) is 0 Å². The Morgan fingerprint density at radius 1 is 1.50 bits per heavy atom. The van der Waals surface area contributed by atoms with Crippen LogP contribution in [0.3, 0.4) is 0 Å². The van der Waals surface area contributed by atoms with Crippen molar-refractivity contribution in [3.63, 3.8) is 0 Å². The summed E-state index contributed by atoms with van der Waals surface area (Å²) >= 11 is 0. The van der Waals surface area contributed by atoms with Gasteiger partial charge < -0.3 is 10.4 Å². The van der Waals surface area contributed by atoms with Crippen LogP contribution in [0.15, 0.2) is 11.6 Å². The zero-order valence-corrected chi connectivity index (χ0v) is 10.5. The summed E-state index contributed by atoms with van der Waals surface area (Å²) in [6, 6.07) is 0. The second-order valence-electron chi connectivity index (χ2n) is 5.04. The average Bonchev–Trinajstić information content (AvgIpc) is 2.98. The minimum Gasteiger partial charge on any atom is -0.478 e. The van der Waals surface area contributed by atoms with Crippen molar-refractivity contribution in [2.45, 2.75) is 40.0 Å². The fourth-order valence-corrected chi connectivity index (χ4v) is 2.02. The second kappa shape index (κ2) is 5.48. The van der Waals surface area contributed by atoms with Crippen LogP contribution in [0.5, 0.6) is 0 Å². The highest BCUT2D eigenvalue weighted by atomic mass is 16.4. The van der Waals surface area contributed by atoms with Gasteiger partial charge in [0.2, 0.25) is 0 Å². The van der Waals surface area contributed by atoms with Gasteiger partial charge in [-0.1, -0.05) is 26.8 Å². The minimum atomic E-state index is -0.797. The summed E-state index contributed by atoms with van der Waals surface area (Å²) in [7, 11) is 0. The molecule has 0 aromatic rings. The summed E-state index contributed by atoms with van der Waals surface area (Å²) in [6.07, 6.45) is 4.99. The monoisotopic (exact) mass is 225 g/mol. The van der Waals surface area contributed by atoms with E-state index in [-0.39, 0.29) is 0 Å². The molecule has 0 aliphatic heterocycles. The molecule has 0 amide bonds. The highest BCUT2D eigenvalue weighted by Gasteiger charge is 2.44. The molecule has 3 nitrogen and oxygen atoms in total. The number of carboxylic acids is 1. The molecule has 0 saturated heterocycles. The van der Waals surface area contributed by atoms with Gasteiger partial charge in [0.25, 0.3) is 0 Å². The number of carbonyl (C=O) groups is 1. The predicted octanol–water partition coefficient (Wildman–Crippen LogP) is 2.43. The van der Waals surface area contributed by atoms with Crippen molar-refractivity contribution in [3.05, 3.63) is 11.6 Å². The fraction of sp³-hybridized carbons (Fsp3) is 0.769. The molecule has 2 N–H and O–H groups in total. The van der Waals surface area contributed by atoms with E-state index in [0.29, 0.717) is 29.9 Å². The van der Waals surface area contributed by atoms with E-state index in [0.717, 1.165) is 6.54 Å². The molecule has 0 bridgehead atoms. The lowest BCUT2D eigenvalue weighted by Crippen LogP contribution is -2.28. The Morgan fingerprint density at radius 2 is 2.12 bits per heavy atom. The summed E-state index contributed by atoms with van der Waals surface area (Å²) in [6.45, 7) is 8.08. The Kier molecular flexibility index (Phi) is 4.54. The van der Waals surface area contributed by atoms with Gasteiger partial charge in [0.15, 0.2) is 0 Å².